The normalized spacial score (nSPS) is 20.1. The molecule has 1 aromatic carbocycles. The molecule has 0 atom stereocenters. The molecule has 2 aliphatic heterocycles. The summed E-state index contributed by atoms with van der Waals surface area (Å²) in [4.78, 5) is 15.7. The Hall–Kier alpha value is -1.59. The molecule has 0 aromatic heterocycles. The fraction of sp³-hybridized carbons (Fsp3) is 0.500. The van der Waals surface area contributed by atoms with Crippen molar-refractivity contribution in [2.45, 2.75) is 6.54 Å². The van der Waals surface area contributed by atoms with Crippen LogP contribution in [0.3, 0.4) is 0 Å². The molecule has 102 valence electrons. The van der Waals surface area contributed by atoms with Crippen LogP contribution >= 0.6 is 0 Å². The summed E-state index contributed by atoms with van der Waals surface area (Å²) >= 11 is 0. The van der Waals surface area contributed by atoms with Gasteiger partial charge in [0.1, 0.15) is 5.75 Å². The number of hydrogen-bond acceptors (Lipinski definition) is 4. The highest BCUT2D eigenvalue weighted by Gasteiger charge is 2.22. The monoisotopic (exact) mass is 261 g/mol. The van der Waals surface area contributed by atoms with Crippen molar-refractivity contribution in [3.05, 3.63) is 23.8 Å². The Bertz CT molecular complexity index is 484. The van der Waals surface area contributed by atoms with Gasteiger partial charge in [-0.05, 0) is 17.7 Å². The zero-order valence-electron chi connectivity index (χ0n) is 11.2. The van der Waals surface area contributed by atoms with Crippen LogP contribution in [0.1, 0.15) is 5.56 Å². The van der Waals surface area contributed by atoms with Gasteiger partial charge >= 0.3 is 0 Å². The van der Waals surface area contributed by atoms with Crippen LogP contribution in [0.2, 0.25) is 0 Å². The molecule has 1 fully saturated rings. The summed E-state index contributed by atoms with van der Waals surface area (Å²) in [7, 11) is 1.80. The van der Waals surface area contributed by atoms with Gasteiger partial charge in [0.25, 0.3) is 5.91 Å². The zero-order valence-corrected chi connectivity index (χ0v) is 11.2. The van der Waals surface area contributed by atoms with Crippen molar-refractivity contribution in [3.8, 4) is 5.75 Å². The van der Waals surface area contributed by atoms with Gasteiger partial charge in [-0.25, -0.2) is 0 Å². The molecule has 1 amide bonds. The molecular weight excluding hydrogens is 242 g/mol. The second-order valence-corrected chi connectivity index (χ2v) is 5.07. The molecule has 0 saturated carbocycles. The van der Waals surface area contributed by atoms with E-state index in [1.807, 2.05) is 6.07 Å². The van der Waals surface area contributed by atoms with Crippen LogP contribution in [0.25, 0.3) is 0 Å². The highest BCUT2D eigenvalue weighted by atomic mass is 16.5. The van der Waals surface area contributed by atoms with E-state index in [1.54, 1.807) is 11.9 Å². The molecule has 0 bridgehead atoms. The number of nitrogens with zero attached hydrogens (tertiary/aromatic N) is 2. The number of ether oxygens (including phenoxy) is 1. The van der Waals surface area contributed by atoms with Crippen molar-refractivity contribution < 1.29 is 9.53 Å². The molecule has 5 heteroatoms. The van der Waals surface area contributed by atoms with E-state index in [9.17, 15) is 4.79 Å². The fourth-order valence-corrected chi connectivity index (χ4v) is 2.54. The van der Waals surface area contributed by atoms with Crippen LogP contribution in [0.4, 0.5) is 5.69 Å². The summed E-state index contributed by atoms with van der Waals surface area (Å²) < 4.78 is 5.44. The number of carbonyl (C=O) groups excluding carboxylic acids is 1. The first kappa shape index (κ1) is 12.4. The van der Waals surface area contributed by atoms with Crippen LogP contribution in [0.15, 0.2) is 18.2 Å². The van der Waals surface area contributed by atoms with E-state index < -0.39 is 0 Å². The minimum atomic E-state index is 0.00632. The van der Waals surface area contributed by atoms with Gasteiger partial charge in [0.05, 0.1) is 5.69 Å². The maximum atomic E-state index is 11.6. The number of anilines is 1. The van der Waals surface area contributed by atoms with E-state index in [2.05, 4.69) is 22.3 Å². The Balaban J connectivity index is 1.78. The van der Waals surface area contributed by atoms with E-state index in [4.69, 9.17) is 4.74 Å². The fourth-order valence-electron chi connectivity index (χ4n) is 2.54. The molecule has 1 N–H and O–H groups in total. The van der Waals surface area contributed by atoms with E-state index in [0.717, 1.165) is 44.2 Å². The van der Waals surface area contributed by atoms with E-state index >= 15 is 0 Å². The summed E-state index contributed by atoms with van der Waals surface area (Å²) in [5.41, 5.74) is 2.11. The summed E-state index contributed by atoms with van der Waals surface area (Å²) in [6.45, 7) is 5.31. The third-order valence-electron chi connectivity index (χ3n) is 3.73. The summed E-state index contributed by atoms with van der Waals surface area (Å²) in [5.74, 6) is 0.804. The van der Waals surface area contributed by atoms with Gasteiger partial charge in [-0.3, -0.25) is 9.69 Å². The van der Waals surface area contributed by atoms with Gasteiger partial charge in [-0.2, -0.15) is 0 Å². The Morgan fingerprint density at radius 3 is 2.89 bits per heavy atom. The largest absolute Gasteiger partial charge is 0.482 e. The summed E-state index contributed by atoms with van der Waals surface area (Å²) in [6.07, 6.45) is 0. The smallest absolute Gasteiger partial charge is 0.264 e. The topological polar surface area (TPSA) is 44.8 Å². The second-order valence-electron chi connectivity index (χ2n) is 5.07. The zero-order chi connectivity index (χ0) is 13.2. The predicted octanol–water partition coefficient (Wildman–Crippen LogP) is 0.447. The van der Waals surface area contributed by atoms with Crippen molar-refractivity contribution in [2.75, 3.05) is 44.7 Å². The molecule has 2 heterocycles. The van der Waals surface area contributed by atoms with E-state index in [1.165, 1.54) is 5.56 Å². The number of fused-ring (bicyclic) bond motifs is 1. The van der Waals surface area contributed by atoms with Crippen LogP contribution in [-0.4, -0.2) is 50.6 Å². The number of benzene rings is 1. The lowest BCUT2D eigenvalue weighted by atomic mass is 10.1. The Morgan fingerprint density at radius 1 is 1.32 bits per heavy atom. The molecule has 5 nitrogen and oxygen atoms in total. The summed E-state index contributed by atoms with van der Waals surface area (Å²) in [5, 5.41) is 3.35. The van der Waals surface area contributed by atoms with Crippen LogP contribution in [0.5, 0.6) is 5.75 Å². The molecule has 2 aliphatic rings. The molecular formula is C14H19N3O2. The third-order valence-corrected chi connectivity index (χ3v) is 3.73. The van der Waals surface area contributed by atoms with Gasteiger partial charge in [-0.15, -0.1) is 0 Å². The SMILES string of the molecule is CN1C(=O)COc2ccc(CN3CCNCC3)cc21. The second kappa shape index (κ2) is 5.19. The lowest BCUT2D eigenvalue weighted by molar-refractivity contribution is -0.120. The van der Waals surface area contributed by atoms with Crippen molar-refractivity contribution in [1.82, 2.24) is 10.2 Å². The maximum Gasteiger partial charge on any atom is 0.264 e. The Labute approximate surface area is 113 Å². The standard InChI is InChI=1S/C14H19N3O2/c1-16-12-8-11(9-17-6-4-15-5-7-17)2-3-13(12)19-10-14(16)18/h2-3,8,15H,4-7,9-10H2,1H3. The first-order valence-corrected chi connectivity index (χ1v) is 6.69. The molecule has 0 spiro atoms. The van der Waals surface area contributed by atoms with Gasteiger partial charge in [0.2, 0.25) is 0 Å². The third kappa shape index (κ3) is 2.57. The summed E-state index contributed by atoms with van der Waals surface area (Å²) in [6, 6.07) is 6.12. The van der Waals surface area contributed by atoms with Gasteiger partial charge < -0.3 is 15.0 Å². The van der Waals surface area contributed by atoms with Gasteiger partial charge in [-0.1, -0.05) is 6.07 Å². The number of nitrogens with one attached hydrogen (secondary N) is 1. The minimum Gasteiger partial charge on any atom is -0.482 e. The minimum absolute atomic E-state index is 0.00632. The molecule has 0 aliphatic carbocycles. The van der Waals surface area contributed by atoms with E-state index in [0.29, 0.717) is 0 Å². The van der Waals surface area contributed by atoms with Crippen molar-refractivity contribution in [1.29, 1.82) is 0 Å². The molecule has 3 rings (SSSR count). The predicted molar refractivity (Wildman–Crippen MR) is 73.5 cm³/mol. The number of amides is 1. The van der Waals surface area contributed by atoms with Crippen LogP contribution in [-0.2, 0) is 11.3 Å². The highest BCUT2D eigenvalue weighted by Crippen LogP contribution is 2.32. The quantitative estimate of drug-likeness (QED) is 0.839. The van der Waals surface area contributed by atoms with Crippen molar-refractivity contribution in [3.63, 3.8) is 0 Å². The molecule has 19 heavy (non-hydrogen) atoms. The molecule has 1 saturated heterocycles. The van der Waals surface area contributed by atoms with Gasteiger partial charge in [0.15, 0.2) is 6.61 Å². The number of rotatable bonds is 2. The van der Waals surface area contributed by atoms with Crippen molar-refractivity contribution in [2.24, 2.45) is 0 Å². The Morgan fingerprint density at radius 2 is 2.11 bits per heavy atom. The van der Waals surface area contributed by atoms with Crippen molar-refractivity contribution >= 4 is 11.6 Å². The number of hydrogen-bond donors (Lipinski definition) is 1. The average molecular weight is 261 g/mol. The molecule has 0 unspecified atom stereocenters. The number of carbonyl (C=O) groups is 1. The molecule has 1 aromatic rings. The molecule has 0 radical (unpaired) electrons. The average Bonchev–Trinajstić information content (AvgIpc) is 2.45. The maximum absolute atomic E-state index is 11.6. The van der Waals surface area contributed by atoms with Crippen LogP contribution in [0, 0.1) is 0 Å². The van der Waals surface area contributed by atoms with Crippen LogP contribution < -0.4 is 15.0 Å². The lowest BCUT2D eigenvalue weighted by Gasteiger charge is -2.29. The Kier molecular flexibility index (Phi) is 3.40. The lowest BCUT2D eigenvalue weighted by Crippen LogP contribution is -2.43. The number of piperazine rings is 1. The van der Waals surface area contributed by atoms with Gasteiger partial charge in [0, 0.05) is 39.8 Å². The van der Waals surface area contributed by atoms with E-state index in [-0.39, 0.29) is 12.5 Å². The first-order chi connectivity index (χ1) is 9.24. The highest BCUT2D eigenvalue weighted by molar-refractivity contribution is 5.97. The number of likely N-dealkylation sites (N-methyl/N-ethyl adjacent to an activating group) is 1. The first-order valence-electron chi connectivity index (χ1n) is 6.69.